The van der Waals surface area contributed by atoms with E-state index in [1.54, 1.807) is 6.07 Å². The van der Waals surface area contributed by atoms with E-state index in [4.69, 9.17) is 10.2 Å². The monoisotopic (exact) mass is 296 g/mol. The Labute approximate surface area is 107 Å². The van der Waals surface area contributed by atoms with Gasteiger partial charge in [0.05, 0.1) is 5.56 Å². The highest BCUT2D eigenvalue weighted by Gasteiger charge is 2.14. The lowest BCUT2D eigenvalue weighted by Gasteiger charge is -1.97. The van der Waals surface area contributed by atoms with Crippen molar-refractivity contribution in [2.45, 2.75) is 19.8 Å². The molecule has 0 fully saturated rings. The average molecular weight is 297 g/mol. The minimum atomic E-state index is -0.0298. The third-order valence-electron chi connectivity index (χ3n) is 2.47. The number of hydrogen-bond acceptors (Lipinski definition) is 4. The van der Waals surface area contributed by atoms with Crippen molar-refractivity contribution in [1.29, 1.82) is 0 Å². The maximum absolute atomic E-state index is 11.5. The van der Waals surface area contributed by atoms with Gasteiger partial charge in [0.25, 0.3) is 0 Å². The molecule has 1 heterocycles. The van der Waals surface area contributed by atoms with Gasteiger partial charge in [-0.2, -0.15) is 0 Å². The van der Waals surface area contributed by atoms with Crippen LogP contribution in [0.3, 0.4) is 0 Å². The number of nitrogens with zero attached hydrogens (tertiary/aromatic N) is 1. The average Bonchev–Trinajstić information content (AvgIpc) is 2.67. The van der Waals surface area contributed by atoms with Crippen LogP contribution in [0.15, 0.2) is 21.0 Å². The first kappa shape index (κ1) is 12.3. The highest BCUT2D eigenvalue weighted by molar-refractivity contribution is 9.10. The van der Waals surface area contributed by atoms with Crippen LogP contribution in [0.2, 0.25) is 0 Å². The maximum Gasteiger partial charge on any atom is 0.195 e. The number of carbonyl (C=O) groups is 1. The smallest absolute Gasteiger partial charge is 0.195 e. The molecule has 17 heavy (non-hydrogen) atoms. The summed E-state index contributed by atoms with van der Waals surface area (Å²) in [5.74, 6) is 0.601. The second-order valence-electron chi connectivity index (χ2n) is 3.86. The number of nitrogens with two attached hydrogens (primary N) is 1. The van der Waals surface area contributed by atoms with E-state index in [0.29, 0.717) is 35.5 Å². The highest BCUT2D eigenvalue weighted by Crippen LogP contribution is 2.25. The number of ketones is 1. The Balaban J connectivity index is 2.51. The van der Waals surface area contributed by atoms with Crippen LogP contribution in [0.25, 0.3) is 11.1 Å². The van der Waals surface area contributed by atoms with Gasteiger partial charge in [0.15, 0.2) is 17.3 Å². The molecule has 0 saturated carbocycles. The van der Waals surface area contributed by atoms with Crippen LogP contribution in [0.5, 0.6) is 0 Å². The van der Waals surface area contributed by atoms with Crippen molar-refractivity contribution in [3.63, 3.8) is 0 Å². The topological polar surface area (TPSA) is 69.1 Å². The first-order valence-corrected chi connectivity index (χ1v) is 6.21. The van der Waals surface area contributed by atoms with Crippen molar-refractivity contribution < 1.29 is 9.21 Å². The summed E-state index contributed by atoms with van der Waals surface area (Å²) in [4.78, 5) is 15.9. The molecule has 0 saturated heterocycles. The Kier molecular flexibility index (Phi) is 3.59. The van der Waals surface area contributed by atoms with Crippen LogP contribution in [0.4, 0.5) is 0 Å². The van der Waals surface area contributed by atoms with Crippen molar-refractivity contribution in [3.8, 4) is 0 Å². The minimum Gasteiger partial charge on any atom is -0.440 e. The van der Waals surface area contributed by atoms with Crippen LogP contribution in [0.1, 0.15) is 29.6 Å². The van der Waals surface area contributed by atoms with Crippen molar-refractivity contribution in [1.82, 2.24) is 4.98 Å². The first-order valence-electron chi connectivity index (χ1n) is 5.42. The molecule has 2 rings (SSSR count). The summed E-state index contributed by atoms with van der Waals surface area (Å²) in [5, 5.41) is 0. The highest BCUT2D eigenvalue weighted by atomic mass is 79.9. The molecule has 0 radical (unpaired) electrons. The van der Waals surface area contributed by atoms with Gasteiger partial charge in [-0.25, -0.2) is 4.98 Å². The SMILES string of the molecule is CC(=O)c1cc(Br)cc2nc(CCCN)oc12. The molecule has 4 nitrogen and oxygen atoms in total. The summed E-state index contributed by atoms with van der Waals surface area (Å²) in [6.07, 6.45) is 1.52. The molecule has 5 heteroatoms. The van der Waals surface area contributed by atoms with E-state index in [0.717, 1.165) is 10.9 Å². The van der Waals surface area contributed by atoms with Gasteiger partial charge in [-0.05, 0) is 32.0 Å². The van der Waals surface area contributed by atoms with E-state index >= 15 is 0 Å². The molecule has 90 valence electrons. The Bertz CT molecular complexity index is 563. The van der Waals surface area contributed by atoms with Crippen molar-refractivity contribution in [2.75, 3.05) is 6.54 Å². The van der Waals surface area contributed by atoms with Gasteiger partial charge in [0.1, 0.15) is 5.52 Å². The number of carbonyl (C=O) groups excluding carboxylic acids is 1. The van der Waals surface area contributed by atoms with E-state index in [-0.39, 0.29) is 5.78 Å². The van der Waals surface area contributed by atoms with E-state index in [9.17, 15) is 4.79 Å². The zero-order chi connectivity index (χ0) is 12.4. The van der Waals surface area contributed by atoms with E-state index < -0.39 is 0 Å². The molecule has 2 N–H and O–H groups in total. The number of halogens is 1. The van der Waals surface area contributed by atoms with Gasteiger partial charge in [-0.3, -0.25) is 4.79 Å². The molecule has 0 amide bonds. The number of Topliss-reactive ketones (excluding diaryl/α,β-unsaturated/α-hetero) is 1. The number of fused-ring (bicyclic) bond motifs is 1. The van der Waals surface area contributed by atoms with Crippen LogP contribution in [0, 0.1) is 0 Å². The lowest BCUT2D eigenvalue weighted by atomic mass is 10.1. The van der Waals surface area contributed by atoms with Gasteiger partial charge in [-0.15, -0.1) is 0 Å². The van der Waals surface area contributed by atoms with E-state index in [2.05, 4.69) is 20.9 Å². The normalized spacial score (nSPS) is 11.0. The van der Waals surface area contributed by atoms with Gasteiger partial charge in [0, 0.05) is 10.9 Å². The van der Waals surface area contributed by atoms with Gasteiger partial charge < -0.3 is 10.2 Å². The van der Waals surface area contributed by atoms with E-state index in [1.165, 1.54) is 6.92 Å². The fourth-order valence-electron chi connectivity index (χ4n) is 1.67. The van der Waals surface area contributed by atoms with Gasteiger partial charge in [0.2, 0.25) is 0 Å². The molecule has 0 spiro atoms. The molecular weight excluding hydrogens is 284 g/mol. The Hall–Kier alpha value is -1.20. The number of oxazole rings is 1. The van der Waals surface area contributed by atoms with Crippen molar-refractivity contribution >= 4 is 32.8 Å². The number of hydrogen-bond donors (Lipinski definition) is 1. The summed E-state index contributed by atoms with van der Waals surface area (Å²) in [6.45, 7) is 2.12. The molecule has 1 aromatic carbocycles. The minimum absolute atomic E-state index is 0.0298. The molecule has 0 unspecified atom stereocenters. The van der Waals surface area contributed by atoms with Gasteiger partial charge >= 0.3 is 0 Å². The molecule has 0 aliphatic rings. The number of benzene rings is 1. The summed E-state index contributed by atoms with van der Waals surface area (Å²) in [6, 6.07) is 3.60. The molecular formula is C12H13BrN2O2. The van der Waals surface area contributed by atoms with Crippen LogP contribution in [-0.2, 0) is 6.42 Å². The second kappa shape index (κ2) is 4.98. The van der Waals surface area contributed by atoms with Crippen LogP contribution < -0.4 is 5.73 Å². The standard InChI is InChI=1S/C12H13BrN2O2/c1-7(16)9-5-8(13)6-10-12(9)17-11(15-10)3-2-4-14/h5-6H,2-4,14H2,1H3. The molecule has 1 aromatic heterocycles. The predicted molar refractivity (Wildman–Crippen MR) is 69.1 cm³/mol. The third-order valence-corrected chi connectivity index (χ3v) is 2.93. The predicted octanol–water partition coefficient (Wildman–Crippen LogP) is 2.68. The van der Waals surface area contributed by atoms with Gasteiger partial charge in [-0.1, -0.05) is 15.9 Å². The summed E-state index contributed by atoms with van der Waals surface area (Å²) >= 11 is 3.36. The molecule has 0 atom stereocenters. The zero-order valence-corrected chi connectivity index (χ0v) is 11.1. The Morgan fingerprint density at radius 3 is 2.94 bits per heavy atom. The number of aromatic nitrogens is 1. The number of rotatable bonds is 4. The summed E-state index contributed by atoms with van der Waals surface area (Å²) in [7, 11) is 0. The number of aryl methyl sites for hydroxylation is 1. The molecule has 0 aliphatic carbocycles. The molecule has 0 bridgehead atoms. The molecule has 2 aromatic rings. The maximum atomic E-state index is 11.5. The van der Waals surface area contributed by atoms with Crippen molar-refractivity contribution in [3.05, 3.63) is 28.1 Å². The fraction of sp³-hybridized carbons (Fsp3) is 0.333. The van der Waals surface area contributed by atoms with Crippen molar-refractivity contribution in [2.24, 2.45) is 5.73 Å². The van der Waals surface area contributed by atoms with Crippen LogP contribution in [-0.4, -0.2) is 17.3 Å². The fourth-order valence-corrected chi connectivity index (χ4v) is 2.11. The third kappa shape index (κ3) is 2.56. The summed E-state index contributed by atoms with van der Waals surface area (Å²) < 4.78 is 6.44. The van der Waals surface area contributed by atoms with Crippen LogP contribution >= 0.6 is 15.9 Å². The van der Waals surface area contributed by atoms with E-state index in [1.807, 2.05) is 6.07 Å². The Morgan fingerprint density at radius 1 is 1.53 bits per heavy atom. The second-order valence-corrected chi connectivity index (χ2v) is 4.77. The largest absolute Gasteiger partial charge is 0.440 e. The first-order chi connectivity index (χ1) is 8.11. The Morgan fingerprint density at radius 2 is 2.29 bits per heavy atom. The quantitative estimate of drug-likeness (QED) is 0.881. The molecule has 0 aliphatic heterocycles. The zero-order valence-electron chi connectivity index (χ0n) is 9.50. The summed E-state index contributed by atoms with van der Waals surface area (Å²) in [5.41, 5.74) is 7.27. The lowest BCUT2D eigenvalue weighted by molar-refractivity contribution is 0.101. The lowest BCUT2D eigenvalue weighted by Crippen LogP contribution is -2.00.